The maximum absolute atomic E-state index is 11.8. The molecule has 8 heteroatoms. The molecule has 0 fully saturated rings. The third-order valence-electron chi connectivity index (χ3n) is 2.05. The molecule has 0 saturated heterocycles. The summed E-state index contributed by atoms with van der Waals surface area (Å²) < 4.78 is 58.3. The van der Waals surface area contributed by atoms with E-state index in [1.807, 2.05) is 6.92 Å². The Balaban J connectivity index is 2.68. The van der Waals surface area contributed by atoms with Crippen molar-refractivity contribution >= 4 is 10.0 Å². The largest absolute Gasteiger partial charge is 0.413 e. The van der Waals surface area contributed by atoms with Gasteiger partial charge in [0, 0.05) is 0 Å². The first kappa shape index (κ1) is 14.9. The molecule has 1 aromatic rings. The van der Waals surface area contributed by atoms with E-state index >= 15 is 0 Å². The van der Waals surface area contributed by atoms with Crippen molar-refractivity contribution in [2.45, 2.75) is 24.4 Å². The Labute approximate surface area is 103 Å². The number of nitrogens with one attached hydrogen (secondary N) is 1. The lowest BCUT2D eigenvalue weighted by Gasteiger charge is -2.09. The second kappa shape index (κ2) is 5.68. The molecule has 0 bridgehead atoms. The molecule has 0 heterocycles. The monoisotopic (exact) mass is 283 g/mol. The summed E-state index contributed by atoms with van der Waals surface area (Å²) in [7, 11) is -4.08. The molecule has 18 heavy (non-hydrogen) atoms. The van der Waals surface area contributed by atoms with Crippen LogP contribution in [0.3, 0.4) is 0 Å². The van der Waals surface area contributed by atoms with Crippen LogP contribution in [-0.4, -0.2) is 21.2 Å². The summed E-state index contributed by atoms with van der Waals surface area (Å²) in [5.41, 5.74) is 0.921. The highest BCUT2D eigenvalue weighted by Crippen LogP contribution is 2.15. The predicted octanol–water partition coefficient (Wildman–Crippen LogP) is 2.02. The first-order valence-electron chi connectivity index (χ1n) is 5.04. The highest BCUT2D eigenvalue weighted by molar-refractivity contribution is 7.89. The number of rotatable bonds is 5. The van der Waals surface area contributed by atoms with Crippen molar-refractivity contribution in [3.05, 3.63) is 29.8 Å². The molecule has 0 spiro atoms. The zero-order valence-corrected chi connectivity index (χ0v) is 10.3. The zero-order valence-electron chi connectivity index (χ0n) is 9.49. The van der Waals surface area contributed by atoms with Gasteiger partial charge in [0.25, 0.3) is 10.0 Å². The van der Waals surface area contributed by atoms with Crippen LogP contribution in [0.1, 0.15) is 12.5 Å². The molecule has 0 radical (unpaired) electrons. The molecule has 1 aromatic carbocycles. The first-order chi connectivity index (χ1) is 8.24. The Kier molecular flexibility index (Phi) is 4.71. The fourth-order valence-electron chi connectivity index (χ4n) is 1.14. The molecule has 0 unspecified atom stereocenters. The number of hydrogen-bond donors (Lipinski definition) is 1. The molecule has 1 rings (SSSR count). The van der Waals surface area contributed by atoms with Crippen LogP contribution in [0.25, 0.3) is 0 Å². The van der Waals surface area contributed by atoms with Crippen molar-refractivity contribution in [1.29, 1.82) is 0 Å². The maximum atomic E-state index is 11.8. The van der Waals surface area contributed by atoms with E-state index in [2.05, 4.69) is 4.84 Å². The molecule has 0 aliphatic heterocycles. The second-order valence-corrected chi connectivity index (χ2v) is 5.13. The van der Waals surface area contributed by atoms with Crippen LogP contribution in [0.4, 0.5) is 13.2 Å². The minimum atomic E-state index is -4.59. The third-order valence-corrected chi connectivity index (χ3v) is 3.28. The lowest BCUT2D eigenvalue weighted by Crippen LogP contribution is -2.29. The van der Waals surface area contributed by atoms with Gasteiger partial charge >= 0.3 is 6.18 Å². The second-order valence-electron chi connectivity index (χ2n) is 3.49. The van der Waals surface area contributed by atoms with Crippen LogP contribution < -0.4 is 4.89 Å². The quantitative estimate of drug-likeness (QED) is 0.841. The van der Waals surface area contributed by atoms with E-state index in [0.717, 1.165) is 12.0 Å². The van der Waals surface area contributed by atoms with Crippen molar-refractivity contribution in [3.63, 3.8) is 0 Å². The summed E-state index contributed by atoms with van der Waals surface area (Å²) >= 11 is 0. The van der Waals surface area contributed by atoms with Gasteiger partial charge in [-0.15, -0.1) is 0 Å². The molecular weight excluding hydrogens is 271 g/mol. The molecule has 102 valence electrons. The van der Waals surface area contributed by atoms with Gasteiger partial charge in [-0.05, 0) is 24.1 Å². The topological polar surface area (TPSA) is 55.4 Å². The Hall–Kier alpha value is -1.12. The Morgan fingerprint density at radius 1 is 1.22 bits per heavy atom. The SMILES string of the molecule is CCc1ccc(S(=O)(=O)NOCC(F)(F)F)cc1. The number of alkyl halides is 3. The Bertz CT molecular complexity index is 482. The molecule has 0 saturated carbocycles. The molecule has 0 aromatic heterocycles. The van der Waals surface area contributed by atoms with Crippen LogP contribution in [0, 0.1) is 0 Å². The van der Waals surface area contributed by atoms with Crippen molar-refractivity contribution in [3.8, 4) is 0 Å². The van der Waals surface area contributed by atoms with Gasteiger partial charge in [-0.1, -0.05) is 23.9 Å². The van der Waals surface area contributed by atoms with Gasteiger partial charge < -0.3 is 0 Å². The highest BCUT2D eigenvalue weighted by atomic mass is 32.2. The fourth-order valence-corrected chi connectivity index (χ4v) is 1.95. The Morgan fingerprint density at radius 2 is 1.78 bits per heavy atom. The summed E-state index contributed by atoms with van der Waals surface area (Å²) in [6.07, 6.45) is -3.85. The van der Waals surface area contributed by atoms with E-state index in [4.69, 9.17) is 0 Å². The van der Waals surface area contributed by atoms with Crippen molar-refractivity contribution in [1.82, 2.24) is 4.89 Å². The third kappa shape index (κ3) is 4.63. The molecule has 1 N–H and O–H groups in total. The number of aryl methyl sites for hydroxylation is 1. The predicted molar refractivity (Wildman–Crippen MR) is 58.1 cm³/mol. The molecule has 0 atom stereocenters. The summed E-state index contributed by atoms with van der Waals surface area (Å²) in [5, 5.41) is 0. The number of halogens is 3. The minimum Gasteiger partial charge on any atom is -0.277 e. The average molecular weight is 283 g/mol. The van der Waals surface area contributed by atoms with E-state index in [9.17, 15) is 21.6 Å². The van der Waals surface area contributed by atoms with Crippen molar-refractivity contribution in [2.24, 2.45) is 0 Å². The molecule has 0 aliphatic carbocycles. The summed E-state index contributed by atoms with van der Waals surface area (Å²) in [4.78, 5) is 5.18. The van der Waals surface area contributed by atoms with Gasteiger partial charge in [0.1, 0.15) is 0 Å². The molecule has 4 nitrogen and oxygen atoms in total. The highest BCUT2D eigenvalue weighted by Gasteiger charge is 2.29. The average Bonchev–Trinajstić information content (AvgIpc) is 2.27. The van der Waals surface area contributed by atoms with E-state index in [1.165, 1.54) is 17.0 Å². The first-order valence-corrected chi connectivity index (χ1v) is 6.52. The zero-order chi connectivity index (χ0) is 13.8. The van der Waals surface area contributed by atoms with Crippen LogP contribution in [0.2, 0.25) is 0 Å². The number of benzene rings is 1. The molecular formula is C10H12F3NO3S. The summed E-state index contributed by atoms with van der Waals surface area (Å²) in [5.74, 6) is 0. The standard InChI is InChI=1S/C10H12F3NO3S/c1-2-8-3-5-9(6-4-8)18(15,16)14-17-7-10(11,12)13/h3-6,14H,2,7H2,1H3. The van der Waals surface area contributed by atoms with Crippen LogP contribution in [0.5, 0.6) is 0 Å². The smallest absolute Gasteiger partial charge is 0.277 e. The number of sulfonamides is 1. The van der Waals surface area contributed by atoms with Crippen LogP contribution in [-0.2, 0) is 21.3 Å². The van der Waals surface area contributed by atoms with E-state index in [0.29, 0.717) is 0 Å². The maximum Gasteiger partial charge on any atom is 0.413 e. The van der Waals surface area contributed by atoms with Gasteiger partial charge in [0.05, 0.1) is 4.90 Å². The van der Waals surface area contributed by atoms with Crippen molar-refractivity contribution in [2.75, 3.05) is 6.61 Å². The van der Waals surface area contributed by atoms with E-state index < -0.39 is 22.8 Å². The number of hydrogen-bond acceptors (Lipinski definition) is 3. The molecule has 0 aliphatic rings. The van der Waals surface area contributed by atoms with Gasteiger partial charge in [-0.25, -0.2) is 8.42 Å². The fraction of sp³-hybridized carbons (Fsp3) is 0.400. The van der Waals surface area contributed by atoms with Gasteiger partial charge in [0.15, 0.2) is 6.61 Å². The van der Waals surface area contributed by atoms with Crippen LogP contribution in [0.15, 0.2) is 29.2 Å². The van der Waals surface area contributed by atoms with Crippen LogP contribution >= 0.6 is 0 Å². The summed E-state index contributed by atoms with van der Waals surface area (Å²) in [6, 6.07) is 5.77. The van der Waals surface area contributed by atoms with Gasteiger partial charge in [-0.2, -0.15) is 13.2 Å². The van der Waals surface area contributed by atoms with E-state index in [1.54, 1.807) is 12.1 Å². The van der Waals surface area contributed by atoms with Gasteiger partial charge in [-0.3, -0.25) is 4.84 Å². The van der Waals surface area contributed by atoms with Gasteiger partial charge in [0.2, 0.25) is 0 Å². The Morgan fingerprint density at radius 3 is 2.22 bits per heavy atom. The molecule has 0 amide bonds. The lowest BCUT2D eigenvalue weighted by atomic mass is 10.2. The normalized spacial score (nSPS) is 12.7. The minimum absolute atomic E-state index is 0.151. The summed E-state index contributed by atoms with van der Waals surface area (Å²) in [6.45, 7) is 0.216. The van der Waals surface area contributed by atoms with Crippen molar-refractivity contribution < 1.29 is 26.4 Å². The van der Waals surface area contributed by atoms with E-state index in [-0.39, 0.29) is 4.90 Å². The lowest BCUT2D eigenvalue weighted by molar-refractivity contribution is -0.181.